The van der Waals surface area contributed by atoms with Crippen LogP contribution in [0.25, 0.3) is 16.6 Å². The molecule has 2 amide bonds. The predicted molar refractivity (Wildman–Crippen MR) is 140 cm³/mol. The van der Waals surface area contributed by atoms with Crippen molar-refractivity contribution in [1.82, 2.24) is 14.5 Å². The lowest BCUT2D eigenvalue weighted by Crippen LogP contribution is -2.37. The van der Waals surface area contributed by atoms with Gasteiger partial charge in [0.05, 0.1) is 53.4 Å². The molecule has 2 atom stereocenters. The Morgan fingerprint density at radius 3 is 2.79 bits per heavy atom. The maximum atomic E-state index is 13.0. The SMILES string of the molecule is CO[C@@H]1CN(C(=O)C2(C#N)CC2)C[C@H]1Nc1c(C(N)=O)cnn2cc(-c3ccc4c(c3)OCCN4C)cc12. The molecule has 0 spiro atoms. The molecule has 1 saturated heterocycles. The van der Waals surface area contributed by atoms with Gasteiger partial charge in [-0.1, -0.05) is 6.07 Å². The third-order valence-electron chi connectivity index (χ3n) is 7.85. The van der Waals surface area contributed by atoms with E-state index in [0.29, 0.717) is 43.7 Å². The molecule has 0 unspecified atom stereocenters. The molecule has 38 heavy (non-hydrogen) atoms. The molecular formula is C27H29N7O4. The van der Waals surface area contributed by atoms with E-state index in [0.717, 1.165) is 29.1 Å². The predicted octanol–water partition coefficient (Wildman–Crippen LogP) is 1.87. The largest absolute Gasteiger partial charge is 0.490 e. The molecule has 1 aliphatic carbocycles. The highest BCUT2D eigenvalue weighted by molar-refractivity contribution is 6.02. The van der Waals surface area contributed by atoms with E-state index in [1.165, 1.54) is 6.20 Å². The van der Waals surface area contributed by atoms with Crippen LogP contribution in [0.1, 0.15) is 23.2 Å². The van der Waals surface area contributed by atoms with Gasteiger partial charge in [0, 0.05) is 39.0 Å². The number of aromatic nitrogens is 2. The number of nitrogens with one attached hydrogen (secondary N) is 1. The van der Waals surface area contributed by atoms with Crippen molar-refractivity contribution >= 4 is 28.7 Å². The van der Waals surface area contributed by atoms with Gasteiger partial charge in [-0.2, -0.15) is 10.4 Å². The number of benzene rings is 1. The topological polar surface area (TPSA) is 138 Å². The van der Waals surface area contributed by atoms with Crippen LogP contribution in [0.5, 0.6) is 5.75 Å². The van der Waals surface area contributed by atoms with Gasteiger partial charge in [0.1, 0.15) is 17.8 Å². The molecule has 4 heterocycles. The number of nitrogens with two attached hydrogens (primary N) is 1. The summed E-state index contributed by atoms with van der Waals surface area (Å²) in [6.45, 7) is 2.16. The summed E-state index contributed by atoms with van der Waals surface area (Å²) in [7, 11) is 3.63. The van der Waals surface area contributed by atoms with Crippen LogP contribution in [-0.2, 0) is 9.53 Å². The van der Waals surface area contributed by atoms with Crippen LogP contribution in [0.3, 0.4) is 0 Å². The van der Waals surface area contributed by atoms with E-state index >= 15 is 0 Å². The molecule has 1 aromatic carbocycles. The summed E-state index contributed by atoms with van der Waals surface area (Å²) < 4.78 is 13.3. The fourth-order valence-electron chi connectivity index (χ4n) is 5.39. The Labute approximate surface area is 219 Å². The van der Waals surface area contributed by atoms with Crippen molar-refractivity contribution < 1.29 is 19.1 Å². The molecule has 3 N–H and O–H groups in total. The smallest absolute Gasteiger partial charge is 0.252 e. The van der Waals surface area contributed by atoms with Crippen LogP contribution < -0.4 is 20.7 Å². The highest BCUT2D eigenvalue weighted by Gasteiger charge is 2.54. The minimum Gasteiger partial charge on any atom is -0.490 e. The maximum Gasteiger partial charge on any atom is 0.252 e. The Morgan fingerprint density at radius 1 is 1.26 bits per heavy atom. The zero-order valence-electron chi connectivity index (χ0n) is 21.3. The van der Waals surface area contributed by atoms with Gasteiger partial charge in [0.15, 0.2) is 0 Å². The quantitative estimate of drug-likeness (QED) is 0.507. The van der Waals surface area contributed by atoms with Gasteiger partial charge in [0.25, 0.3) is 5.91 Å². The first-order chi connectivity index (χ1) is 18.3. The zero-order chi connectivity index (χ0) is 26.6. The van der Waals surface area contributed by atoms with Crippen LogP contribution in [0.4, 0.5) is 11.4 Å². The zero-order valence-corrected chi connectivity index (χ0v) is 21.3. The number of carbonyl (C=O) groups excluding carboxylic acids is 2. The Balaban J connectivity index is 1.34. The molecule has 2 fully saturated rings. The van der Waals surface area contributed by atoms with E-state index < -0.39 is 11.3 Å². The first kappa shape index (κ1) is 24.1. The molecular weight excluding hydrogens is 486 g/mol. The Morgan fingerprint density at radius 2 is 2.08 bits per heavy atom. The number of ether oxygens (including phenoxy) is 2. The highest BCUT2D eigenvalue weighted by Crippen LogP contribution is 2.47. The highest BCUT2D eigenvalue weighted by atomic mass is 16.5. The van der Waals surface area contributed by atoms with Gasteiger partial charge < -0.3 is 30.3 Å². The molecule has 0 radical (unpaired) electrons. The van der Waals surface area contributed by atoms with Crippen molar-refractivity contribution in [2.24, 2.45) is 11.1 Å². The second-order valence-corrected chi connectivity index (χ2v) is 10.2. The first-order valence-corrected chi connectivity index (χ1v) is 12.6. The molecule has 6 rings (SSSR count). The van der Waals surface area contributed by atoms with Crippen LogP contribution in [0, 0.1) is 16.7 Å². The average molecular weight is 516 g/mol. The number of primary amides is 1. The molecule has 0 bridgehead atoms. The van der Waals surface area contributed by atoms with Crippen molar-refractivity contribution in [3.8, 4) is 22.9 Å². The number of carbonyl (C=O) groups is 2. The van der Waals surface area contributed by atoms with E-state index in [4.69, 9.17) is 15.2 Å². The summed E-state index contributed by atoms with van der Waals surface area (Å²) in [6.07, 6.45) is 4.18. The standard InChI is InChI=1S/C27H29N7O4/c1-32-7-8-38-22-10-16(3-4-20(22)32)17-9-21-24(18(25(29)35)11-30-34(21)12-17)31-19-13-33(14-23(19)37-2)26(36)27(15-28)5-6-27/h3-4,9-12,19,23,31H,5-8,13-14H2,1-2H3,(H2,29,35)/t19-,23-/m1/s1. The lowest BCUT2D eigenvalue weighted by molar-refractivity contribution is -0.134. The first-order valence-electron chi connectivity index (χ1n) is 12.6. The summed E-state index contributed by atoms with van der Waals surface area (Å²) in [5, 5.41) is 17.3. The van der Waals surface area contributed by atoms with Crippen molar-refractivity contribution in [1.29, 1.82) is 5.26 Å². The Hall–Kier alpha value is -4.30. The number of methoxy groups -OCH3 is 1. The minimum atomic E-state index is -0.903. The second kappa shape index (κ2) is 8.92. The second-order valence-electron chi connectivity index (χ2n) is 10.2. The average Bonchev–Trinajstić information content (AvgIpc) is 3.42. The number of rotatable bonds is 6. The van der Waals surface area contributed by atoms with E-state index in [1.54, 1.807) is 16.5 Å². The third-order valence-corrected chi connectivity index (χ3v) is 7.85. The van der Waals surface area contributed by atoms with Gasteiger partial charge >= 0.3 is 0 Å². The molecule has 196 valence electrons. The van der Waals surface area contributed by atoms with Crippen LogP contribution in [-0.4, -0.2) is 78.9 Å². The summed E-state index contributed by atoms with van der Waals surface area (Å²) in [4.78, 5) is 29.2. The van der Waals surface area contributed by atoms with Crippen LogP contribution in [0.2, 0.25) is 0 Å². The fourth-order valence-corrected chi connectivity index (χ4v) is 5.39. The van der Waals surface area contributed by atoms with Gasteiger partial charge in [0.2, 0.25) is 5.91 Å². The molecule has 11 nitrogen and oxygen atoms in total. The van der Waals surface area contributed by atoms with E-state index in [2.05, 4.69) is 21.4 Å². The van der Waals surface area contributed by atoms with Crippen molar-refractivity contribution in [2.75, 3.05) is 50.6 Å². The number of likely N-dealkylation sites (N-methyl/N-ethyl adjacent to an activating group) is 1. The number of amides is 2. The van der Waals surface area contributed by atoms with Gasteiger partial charge in [-0.25, -0.2) is 4.52 Å². The maximum absolute atomic E-state index is 13.0. The summed E-state index contributed by atoms with van der Waals surface area (Å²) in [5.74, 6) is 0.0449. The molecule has 3 aromatic rings. The fraction of sp³-hybridized carbons (Fsp3) is 0.407. The summed E-state index contributed by atoms with van der Waals surface area (Å²) >= 11 is 0. The summed E-state index contributed by atoms with van der Waals surface area (Å²) in [6, 6.07) is 9.89. The number of fused-ring (bicyclic) bond motifs is 2. The van der Waals surface area contributed by atoms with Crippen molar-refractivity contribution in [2.45, 2.75) is 25.0 Å². The van der Waals surface area contributed by atoms with Crippen molar-refractivity contribution in [3.63, 3.8) is 0 Å². The molecule has 2 aromatic heterocycles. The number of hydrogen-bond acceptors (Lipinski definition) is 8. The molecule has 11 heteroatoms. The minimum absolute atomic E-state index is 0.161. The van der Waals surface area contributed by atoms with E-state index in [9.17, 15) is 14.9 Å². The molecule has 3 aliphatic rings. The number of nitrogens with zero attached hydrogens (tertiary/aromatic N) is 5. The Bertz CT molecular complexity index is 1490. The van der Waals surface area contributed by atoms with Gasteiger partial charge in [-0.05, 0) is 36.6 Å². The number of hydrogen-bond donors (Lipinski definition) is 2. The van der Waals surface area contributed by atoms with Gasteiger partial charge in [-0.15, -0.1) is 0 Å². The van der Waals surface area contributed by atoms with E-state index in [-0.39, 0.29) is 23.6 Å². The van der Waals surface area contributed by atoms with E-state index in [1.807, 2.05) is 37.5 Å². The third kappa shape index (κ3) is 3.88. The lowest BCUT2D eigenvalue weighted by atomic mass is 10.1. The molecule has 2 aliphatic heterocycles. The molecule has 1 saturated carbocycles. The summed E-state index contributed by atoms with van der Waals surface area (Å²) in [5.41, 5.74) is 9.16. The number of anilines is 2. The normalized spacial score (nSPS) is 21.5. The monoisotopic (exact) mass is 515 g/mol. The van der Waals surface area contributed by atoms with Crippen LogP contribution >= 0.6 is 0 Å². The van der Waals surface area contributed by atoms with Crippen molar-refractivity contribution in [3.05, 3.63) is 42.2 Å². The van der Waals surface area contributed by atoms with Gasteiger partial charge in [-0.3, -0.25) is 9.59 Å². The van der Waals surface area contributed by atoms with Crippen LogP contribution in [0.15, 0.2) is 36.7 Å². The number of nitriles is 1. The Kier molecular flexibility index (Phi) is 5.65. The number of likely N-dealkylation sites (tertiary alicyclic amines) is 1. The lowest BCUT2D eigenvalue weighted by Gasteiger charge is -2.27.